The van der Waals surface area contributed by atoms with Gasteiger partial charge in [0.2, 0.25) is 0 Å². The second-order valence-electron chi connectivity index (χ2n) is 4.60. The molecular formula is C16H13ClN4. The van der Waals surface area contributed by atoms with Crippen LogP contribution in [0.3, 0.4) is 0 Å². The zero-order valence-electron chi connectivity index (χ0n) is 11.2. The van der Waals surface area contributed by atoms with Crippen LogP contribution in [0.15, 0.2) is 60.0 Å². The van der Waals surface area contributed by atoms with Crippen molar-refractivity contribution in [2.45, 2.75) is 6.42 Å². The minimum Gasteiger partial charge on any atom is -0.323 e. The molecule has 0 amide bonds. The summed E-state index contributed by atoms with van der Waals surface area (Å²) in [6.45, 7) is 0. The molecule has 0 saturated heterocycles. The first kappa shape index (κ1) is 13.5. The lowest BCUT2D eigenvalue weighted by Crippen LogP contribution is -2.10. The van der Waals surface area contributed by atoms with E-state index in [1.807, 2.05) is 30.3 Å². The third-order valence-electron chi connectivity index (χ3n) is 3.27. The van der Waals surface area contributed by atoms with Crippen LogP contribution in [-0.4, -0.2) is 15.7 Å². The number of halogens is 1. The maximum atomic E-state index is 6.00. The van der Waals surface area contributed by atoms with E-state index in [1.165, 1.54) is 0 Å². The van der Waals surface area contributed by atoms with Crippen LogP contribution < -0.4 is 5.84 Å². The van der Waals surface area contributed by atoms with Gasteiger partial charge in [0.25, 0.3) is 0 Å². The van der Waals surface area contributed by atoms with Gasteiger partial charge in [-0.15, -0.1) is 0 Å². The molecule has 4 nitrogen and oxygen atoms in total. The van der Waals surface area contributed by atoms with Gasteiger partial charge in [-0.3, -0.25) is 9.97 Å². The number of hydrazone groups is 1. The van der Waals surface area contributed by atoms with Crippen LogP contribution in [0.2, 0.25) is 5.02 Å². The molecule has 2 heterocycles. The molecule has 0 spiro atoms. The summed E-state index contributed by atoms with van der Waals surface area (Å²) in [5, 5.41) is 5.57. The highest BCUT2D eigenvalue weighted by molar-refractivity contribution is 6.30. The molecule has 0 bridgehead atoms. The van der Waals surface area contributed by atoms with Gasteiger partial charge in [0, 0.05) is 29.2 Å². The Labute approximate surface area is 127 Å². The topological polar surface area (TPSA) is 64.2 Å². The molecule has 1 aromatic carbocycles. The lowest BCUT2D eigenvalue weighted by Gasteiger charge is -2.08. The zero-order chi connectivity index (χ0) is 14.7. The number of nitrogens with zero attached hydrogens (tertiary/aromatic N) is 3. The first-order valence-electron chi connectivity index (χ1n) is 6.49. The Morgan fingerprint density at radius 3 is 2.71 bits per heavy atom. The number of hydrogen-bond donors (Lipinski definition) is 1. The summed E-state index contributed by atoms with van der Waals surface area (Å²) in [6.07, 6.45) is 4.01. The summed E-state index contributed by atoms with van der Waals surface area (Å²) in [5.74, 6) is 5.54. The van der Waals surface area contributed by atoms with Crippen molar-refractivity contribution in [1.29, 1.82) is 0 Å². The van der Waals surface area contributed by atoms with E-state index in [-0.39, 0.29) is 0 Å². The van der Waals surface area contributed by atoms with E-state index < -0.39 is 0 Å². The van der Waals surface area contributed by atoms with E-state index in [2.05, 4.69) is 15.1 Å². The Hall–Kier alpha value is -2.46. The van der Waals surface area contributed by atoms with E-state index in [0.29, 0.717) is 22.8 Å². The third-order valence-corrected chi connectivity index (χ3v) is 3.51. The van der Waals surface area contributed by atoms with Crippen LogP contribution in [-0.2, 0) is 6.42 Å². The van der Waals surface area contributed by atoms with Crippen molar-refractivity contribution in [3.63, 3.8) is 0 Å². The Kier molecular flexibility index (Phi) is 3.79. The number of benzene rings is 1. The van der Waals surface area contributed by atoms with Gasteiger partial charge in [-0.2, -0.15) is 5.10 Å². The Bertz CT molecular complexity index is 809. The second-order valence-corrected chi connectivity index (χ2v) is 5.04. The van der Waals surface area contributed by atoms with Crippen LogP contribution in [0.1, 0.15) is 11.3 Å². The van der Waals surface area contributed by atoms with E-state index in [4.69, 9.17) is 17.4 Å². The highest BCUT2D eigenvalue weighted by atomic mass is 35.5. The maximum Gasteiger partial charge on any atom is 0.0900 e. The predicted molar refractivity (Wildman–Crippen MR) is 85.4 cm³/mol. The second kappa shape index (κ2) is 5.89. The monoisotopic (exact) mass is 296 g/mol. The summed E-state index contributed by atoms with van der Waals surface area (Å²) in [5.41, 5.74) is 3.43. The summed E-state index contributed by atoms with van der Waals surface area (Å²) >= 11 is 6.00. The van der Waals surface area contributed by atoms with Gasteiger partial charge in [-0.05, 0) is 29.8 Å². The highest BCUT2D eigenvalue weighted by Gasteiger charge is 2.10. The molecule has 0 radical (unpaired) electrons. The minimum absolute atomic E-state index is 0.576. The van der Waals surface area contributed by atoms with E-state index >= 15 is 0 Å². The van der Waals surface area contributed by atoms with Gasteiger partial charge in [0.15, 0.2) is 0 Å². The average molecular weight is 297 g/mol. The smallest absolute Gasteiger partial charge is 0.0900 e. The molecule has 3 aromatic rings. The molecule has 0 aliphatic carbocycles. The predicted octanol–water partition coefficient (Wildman–Crippen LogP) is 3.19. The zero-order valence-corrected chi connectivity index (χ0v) is 12.0. The number of fused-ring (bicyclic) bond motifs is 1. The molecule has 5 heteroatoms. The molecule has 104 valence electrons. The van der Waals surface area contributed by atoms with E-state index in [1.54, 1.807) is 24.5 Å². The maximum absolute atomic E-state index is 6.00. The van der Waals surface area contributed by atoms with Gasteiger partial charge in [-0.25, -0.2) is 0 Å². The van der Waals surface area contributed by atoms with Crippen molar-refractivity contribution in [2.24, 2.45) is 10.9 Å². The van der Waals surface area contributed by atoms with Crippen molar-refractivity contribution in [3.05, 3.63) is 71.1 Å². The fourth-order valence-corrected chi connectivity index (χ4v) is 2.41. The summed E-state index contributed by atoms with van der Waals surface area (Å²) in [7, 11) is 0. The number of aromatic nitrogens is 2. The Morgan fingerprint density at radius 2 is 1.90 bits per heavy atom. The summed E-state index contributed by atoms with van der Waals surface area (Å²) in [4.78, 5) is 8.63. The van der Waals surface area contributed by atoms with Crippen molar-refractivity contribution < 1.29 is 0 Å². The van der Waals surface area contributed by atoms with Crippen molar-refractivity contribution in [3.8, 4) is 0 Å². The molecule has 2 N–H and O–H groups in total. The lowest BCUT2D eigenvalue weighted by atomic mass is 10.0. The van der Waals surface area contributed by atoms with Gasteiger partial charge in [0.1, 0.15) is 0 Å². The largest absolute Gasteiger partial charge is 0.323 e. The molecule has 3 rings (SSSR count). The molecule has 0 aliphatic heterocycles. The Morgan fingerprint density at radius 1 is 1.10 bits per heavy atom. The molecule has 0 atom stereocenters. The van der Waals surface area contributed by atoms with Crippen LogP contribution in [0.5, 0.6) is 0 Å². The van der Waals surface area contributed by atoms with Crippen LogP contribution >= 0.6 is 11.6 Å². The first-order valence-corrected chi connectivity index (χ1v) is 6.87. The number of nitrogens with two attached hydrogens (primary N) is 1. The molecule has 0 saturated carbocycles. The van der Waals surface area contributed by atoms with Gasteiger partial charge >= 0.3 is 0 Å². The summed E-state index contributed by atoms with van der Waals surface area (Å²) in [6, 6.07) is 13.4. The molecule has 0 unspecified atom stereocenters. The Balaban J connectivity index is 2.01. The highest BCUT2D eigenvalue weighted by Crippen LogP contribution is 2.18. The summed E-state index contributed by atoms with van der Waals surface area (Å²) < 4.78 is 0. The van der Waals surface area contributed by atoms with Gasteiger partial charge < -0.3 is 5.84 Å². The lowest BCUT2D eigenvalue weighted by molar-refractivity contribution is 1.16. The van der Waals surface area contributed by atoms with E-state index in [0.717, 1.165) is 16.5 Å². The van der Waals surface area contributed by atoms with Gasteiger partial charge in [0.05, 0.1) is 16.9 Å². The molecule has 0 aliphatic rings. The number of pyridine rings is 2. The first-order chi connectivity index (χ1) is 10.3. The number of hydrogen-bond acceptors (Lipinski definition) is 4. The van der Waals surface area contributed by atoms with E-state index in [9.17, 15) is 0 Å². The van der Waals surface area contributed by atoms with Crippen LogP contribution in [0.4, 0.5) is 0 Å². The fraction of sp³-hybridized carbons (Fsp3) is 0.0625. The number of para-hydroxylation sites is 1. The minimum atomic E-state index is 0.576. The normalized spacial score (nSPS) is 11.8. The van der Waals surface area contributed by atoms with Gasteiger partial charge in [-0.1, -0.05) is 29.8 Å². The van der Waals surface area contributed by atoms with Crippen LogP contribution in [0.25, 0.3) is 10.9 Å². The van der Waals surface area contributed by atoms with Crippen LogP contribution in [0, 0.1) is 0 Å². The average Bonchev–Trinajstić information content (AvgIpc) is 2.52. The fourth-order valence-electron chi connectivity index (χ4n) is 2.25. The molecular weight excluding hydrogens is 284 g/mol. The molecule has 21 heavy (non-hydrogen) atoms. The van der Waals surface area contributed by atoms with Crippen molar-refractivity contribution in [1.82, 2.24) is 9.97 Å². The number of rotatable bonds is 3. The molecule has 2 aromatic heterocycles. The SMILES string of the molecule is N/N=C(/Cc1ccnc2ccccc12)c1cc(Cl)ccn1. The van der Waals surface area contributed by atoms with Crippen molar-refractivity contribution in [2.75, 3.05) is 0 Å². The van der Waals surface area contributed by atoms with Crippen molar-refractivity contribution >= 4 is 28.2 Å². The quantitative estimate of drug-likeness (QED) is 0.458. The third kappa shape index (κ3) is 2.85. The standard InChI is InChI=1S/C16H13ClN4/c17-12-6-8-20-15(10-12)16(21-18)9-11-5-7-19-14-4-2-1-3-13(11)14/h1-8,10H,9,18H2/b21-16-. The molecule has 0 fully saturated rings.